The van der Waals surface area contributed by atoms with E-state index >= 15 is 0 Å². The molecule has 0 unspecified atom stereocenters. The Morgan fingerprint density at radius 1 is 1.35 bits per heavy atom. The van der Waals surface area contributed by atoms with Gasteiger partial charge in [0, 0.05) is 11.3 Å². The summed E-state index contributed by atoms with van der Waals surface area (Å²) in [5, 5.41) is 26.2. The molecule has 1 aromatic carbocycles. The van der Waals surface area contributed by atoms with E-state index in [9.17, 15) is 14.7 Å². The third-order valence-electron chi connectivity index (χ3n) is 4.57. The van der Waals surface area contributed by atoms with Gasteiger partial charge in [0.1, 0.15) is 18.0 Å². The number of H-pyrrole nitrogens is 1. The minimum atomic E-state index is -1.05. The zero-order chi connectivity index (χ0) is 18.8. The van der Waals surface area contributed by atoms with Crippen LogP contribution in [-0.4, -0.2) is 62.5 Å². The van der Waals surface area contributed by atoms with E-state index in [2.05, 4.69) is 10.2 Å². The number of aryl methyl sites for hydroxylation is 2. The Kier molecular flexibility index (Phi) is 4.94. The molecule has 3 N–H and O–H groups in total. The minimum absolute atomic E-state index is 0.105. The van der Waals surface area contributed by atoms with Crippen LogP contribution in [0.25, 0.3) is 0 Å². The van der Waals surface area contributed by atoms with Crippen LogP contribution in [-0.2, 0) is 11.2 Å². The van der Waals surface area contributed by atoms with E-state index < -0.39 is 18.2 Å². The number of ether oxygens (including phenoxy) is 1. The monoisotopic (exact) mass is 359 g/mol. The van der Waals surface area contributed by atoms with Gasteiger partial charge in [0.2, 0.25) is 5.91 Å². The number of hydrogen-bond acceptors (Lipinski definition) is 5. The number of aliphatic hydroxyl groups is 1. The molecule has 26 heavy (non-hydrogen) atoms. The molecule has 1 aliphatic heterocycles. The molecule has 1 amide bonds. The number of rotatable bonds is 5. The van der Waals surface area contributed by atoms with E-state index in [-0.39, 0.29) is 31.0 Å². The van der Waals surface area contributed by atoms with Gasteiger partial charge < -0.3 is 19.8 Å². The van der Waals surface area contributed by atoms with Gasteiger partial charge in [-0.3, -0.25) is 9.89 Å². The third-order valence-corrected chi connectivity index (χ3v) is 4.57. The molecule has 2 aromatic rings. The molecule has 1 aromatic heterocycles. The highest BCUT2D eigenvalue weighted by Crippen LogP contribution is 2.21. The molecular formula is C18H21N3O5. The van der Waals surface area contributed by atoms with Gasteiger partial charge >= 0.3 is 5.97 Å². The average molecular weight is 359 g/mol. The summed E-state index contributed by atoms with van der Waals surface area (Å²) >= 11 is 0. The number of aromatic nitrogens is 2. The predicted octanol–water partition coefficient (Wildman–Crippen LogP) is 0.918. The summed E-state index contributed by atoms with van der Waals surface area (Å²) in [7, 11) is 0. The number of hydrogen-bond donors (Lipinski definition) is 3. The van der Waals surface area contributed by atoms with Gasteiger partial charge in [0.15, 0.2) is 0 Å². The highest BCUT2D eigenvalue weighted by molar-refractivity contribution is 5.88. The standard InChI is InChI=1S/C18H21N3O5/c1-10-14(11(2)20-19-10)7-17(23)21-8-15(22)16(9-21)26-13-5-3-4-12(6-13)18(24)25/h3-6,15-16,22H,7-9H2,1-2H3,(H,19,20)(H,24,25)/t15-,16-/m1/s1. The Hall–Kier alpha value is -2.87. The van der Waals surface area contributed by atoms with Gasteiger partial charge in [-0.15, -0.1) is 0 Å². The van der Waals surface area contributed by atoms with Crippen molar-refractivity contribution in [1.82, 2.24) is 15.1 Å². The Morgan fingerprint density at radius 3 is 2.77 bits per heavy atom. The zero-order valence-corrected chi connectivity index (χ0v) is 14.6. The summed E-state index contributed by atoms with van der Waals surface area (Å²) in [5.74, 6) is -0.808. The number of nitrogens with zero attached hydrogens (tertiary/aromatic N) is 2. The van der Waals surface area contributed by atoms with Gasteiger partial charge in [-0.2, -0.15) is 5.10 Å². The number of likely N-dealkylation sites (tertiary alicyclic amines) is 1. The van der Waals surface area contributed by atoms with Crippen LogP contribution in [0, 0.1) is 13.8 Å². The first-order valence-corrected chi connectivity index (χ1v) is 8.31. The molecular weight excluding hydrogens is 338 g/mol. The van der Waals surface area contributed by atoms with Crippen LogP contribution >= 0.6 is 0 Å². The van der Waals surface area contributed by atoms with Crippen LogP contribution in [0.1, 0.15) is 27.3 Å². The summed E-state index contributed by atoms with van der Waals surface area (Å²) in [6, 6.07) is 6.07. The predicted molar refractivity (Wildman–Crippen MR) is 92.2 cm³/mol. The second-order valence-corrected chi connectivity index (χ2v) is 6.44. The molecule has 0 radical (unpaired) electrons. The van der Waals surface area contributed by atoms with E-state index in [1.54, 1.807) is 17.0 Å². The summed E-state index contributed by atoms with van der Waals surface area (Å²) in [5.41, 5.74) is 2.61. The van der Waals surface area contributed by atoms with Gasteiger partial charge in [0.25, 0.3) is 0 Å². The van der Waals surface area contributed by atoms with Crippen molar-refractivity contribution in [1.29, 1.82) is 0 Å². The fourth-order valence-electron chi connectivity index (χ4n) is 3.05. The molecule has 0 saturated carbocycles. The second-order valence-electron chi connectivity index (χ2n) is 6.44. The Morgan fingerprint density at radius 2 is 2.12 bits per heavy atom. The minimum Gasteiger partial charge on any atom is -0.486 e. The van der Waals surface area contributed by atoms with E-state index in [0.29, 0.717) is 5.75 Å². The lowest BCUT2D eigenvalue weighted by molar-refractivity contribution is -0.129. The van der Waals surface area contributed by atoms with Gasteiger partial charge in [-0.05, 0) is 32.0 Å². The molecule has 1 saturated heterocycles. The van der Waals surface area contributed by atoms with Gasteiger partial charge in [0.05, 0.1) is 30.8 Å². The molecule has 2 heterocycles. The van der Waals surface area contributed by atoms with Crippen molar-refractivity contribution in [3.05, 3.63) is 46.8 Å². The lowest BCUT2D eigenvalue weighted by atomic mass is 10.1. The largest absolute Gasteiger partial charge is 0.486 e. The van der Waals surface area contributed by atoms with E-state index in [4.69, 9.17) is 9.84 Å². The quantitative estimate of drug-likeness (QED) is 0.731. The molecule has 1 aliphatic rings. The van der Waals surface area contributed by atoms with Crippen molar-refractivity contribution in [3.63, 3.8) is 0 Å². The summed E-state index contributed by atoms with van der Waals surface area (Å²) in [4.78, 5) is 25.1. The number of nitrogens with one attached hydrogen (secondary N) is 1. The molecule has 3 rings (SSSR count). The summed E-state index contributed by atoms with van der Waals surface area (Å²) < 4.78 is 5.72. The molecule has 8 heteroatoms. The smallest absolute Gasteiger partial charge is 0.335 e. The van der Waals surface area contributed by atoms with Crippen molar-refractivity contribution < 1.29 is 24.5 Å². The first-order valence-electron chi connectivity index (χ1n) is 8.31. The van der Waals surface area contributed by atoms with Crippen molar-refractivity contribution in [3.8, 4) is 5.75 Å². The first-order chi connectivity index (χ1) is 12.3. The average Bonchev–Trinajstić information content (AvgIpc) is 3.12. The molecule has 1 fully saturated rings. The zero-order valence-electron chi connectivity index (χ0n) is 14.6. The molecule has 0 spiro atoms. The first kappa shape index (κ1) is 17.9. The highest BCUT2D eigenvalue weighted by atomic mass is 16.5. The van der Waals surface area contributed by atoms with Crippen LogP contribution in [0.15, 0.2) is 24.3 Å². The molecule has 2 atom stereocenters. The number of benzene rings is 1. The van der Waals surface area contributed by atoms with Crippen molar-refractivity contribution in [2.75, 3.05) is 13.1 Å². The van der Waals surface area contributed by atoms with Crippen LogP contribution in [0.3, 0.4) is 0 Å². The number of carbonyl (C=O) groups excluding carboxylic acids is 1. The number of aromatic amines is 1. The van der Waals surface area contributed by atoms with Crippen molar-refractivity contribution >= 4 is 11.9 Å². The Balaban J connectivity index is 1.65. The highest BCUT2D eigenvalue weighted by Gasteiger charge is 2.36. The lowest BCUT2D eigenvalue weighted by Crippen LogP contribution is -2.32. The van der Waals surface area contributed by atoms with Gasteiger partial charge in [-0.25, -0.2) is 4.79 Å². The molecule has 138 valence electrons. The normalized spacial score (nSPS) is 19.6. The SMILES string of the molecule is Cc1n[nH]c(C)c1CC(=O)N1C[C@@H](O)[C@H](Oc2cccc(C(=O)O)c2)C1. The maximum Gasteiger partial charge on any atom is 0.335 e. The Bertz CT molecular complexity index is 812. The van der Waals surface area contributed by atoms with E-state index in [1.165, 1.54) is 12.1 Å². The van der Waals surface area contributed by atoms with Crippen molar-refractivity contribution in [2.45, 2.75) is 32.5 Å². The number of amides is 1. The van der Waals surface area contributed by atoms with Crippen LogP contribution in [0.5, 0.6) is 5.75 Å². The second kappa shape index (κ2) is 7.17. The molecule has 0 bridgehead atoms. The number of carboxylic acid groups (broad SMARTS) is 1. The van der Waals surface area contributed by atoms with Crippen LogP contribution < -0.4 is 4.74 Å². The lowest BCUT2D eigenvalue weighted by Gasteiger charge is -2.17. The fourth-order valence-corrected chi connectivity index (χ4v) is 3.05. The van der Waals surface area contributed by atoms with Crippen molar-refractivity contribution in [2.24, 2.45) is 0 Å². The maximum absolute atomic E-state index is 12.5. The van der Waals surface area contributed by atoms with E-state index in [0.717, 1.165) is 17.0 Å². The van der Waals surface area contributed by atoms with Crippen LogP contribution in [0.2, 0.25) is 0 Å². The number of β-amino-alcohol motifs (C(OH)–C–C–N with tert-alkyl or cyclic N) is 1. The topological polar surface area (TPSA) is 116 Å². The summed E-state index contributed by atoms with van der Waals surface area (Å²) in [6.45, 7) is 4.13. The molecule has 0 aliphatic carbocycles. The number of carbonyl (C=O) groups is 2. The number of aromatic carboxylic acids is 1. The maximum atomic E-state index is 12.5. The Labute approximate surface area is 150 Å². The number of aliphatic hydroxyl groups excluding tert-OH is 1. The number of carboxylic acids is 1. The van der Waals surface area contributed by atoms with Crippen LogP contribution in [0.4, 0.5) is 0 Å². The fraction of sp³-hybridized carbons (Fsp3) is 0.389. The molecule has 8 nitrogen and oxygen atoms in total. The van der Waals surface area contributed by atoms with E-state index in [1.807, 2.05) is 13.8 Å². The summed E-state index contributed by atoms with van der Waals surface area (Å²) in [6.07, 6.45) is -1.23. The third kappa shape index (κ3) is 3.70. The van der Waals surface area contributed by atoms with Gasteiger partial charge in [-0.1, -0.05) is 6.07 Å².